The van der Waals surface area contributed by atoms with Gasteiger partial charge < -0.3 is 15.4 Å². The number of halogens is 1. The molecule has 1 amide bonds. The molecule has 0 radical (unpaired) electrons. The number of H-pyrrole nitrogens is 1. The number of aromatic amines is 1. The number of rotatable bonds is 4. The van der Waals surface area contributed by atoms with Crippen molar-refractivity contribution in [2.24, 2.45) is 0 Å². The molecule has 2 atom stereocenters. The first-order chi connectivity index (χ1) is 9.49. The van der Waals surface area contributed by atoms with Crippen molar-refractivity contribution in [1.82, 2.24) is 10.3 Å². The fourth-order valence-corrected chi connectivity index (χ4v) is 2.01. The quantitative estimate of drug-likeness (QED) is 0.802. The molecule has 1 aromatic heterocycles. The summed E-state index contributed by atoms with van der Waals surface area (Å²) < 4.78 is 12.8. The monoisotopic (exact) mass is 276 g/mol. The van der Waals surface area contributed by atoms with E-state index in [1.807, 2.05) is 0 Å². The number of nitrogens with one attached hydrogen (secondary N) is 2. The molecule has 1 heterocycles. The summed E-state index contributed by atoms with van der Waals surface area (Å²) in [5, 5.41) is 12.9. The van der Waals surface area contributed by atoms with Gasteiger partial charge in [-0.05, 0) is 37.6 Å². The van der Waals surface area contributed by atoms with Crippen LogP contribution in [0.1, 0.15) is 34.6 Å². The lowest BCUT2D eigenvalue weighted by Crippen LogP contribution is -2.37. The number of amides is 1. The predicted molar refractivity (Wildman–Crippen MR) is 73.8 cm³/mol. The van der Waals surface area contributed by atoms with Gasteiger partial charge in [-0.15, -0.1) is 0 Å². The molecule has 4 nitrogen and oxygen atoms in total. The number of aliphatic hydroxyl groups is 1. The summed E-state index contributed by atoms with van der Waals surface area (Å²) in [5.41, 5.74) is 1.87. The predicted octanol–water partition coefficient (Wildman–Crippen LogP) is 2.31. The lowest BCUT2D eigenvalue weighted by atomic mass is 10.0. The van der Waals surface area contributed by atoms with Gasteiger partial charge in [-0.1, -0.05) is 12.1 Å². The van der Waals surface area contributed by atoms with Crippen LogP contribution in [-0.4, -0.2) is 22.0 Å². The molecule has 106 valence electrons. The lowest BCUT2D eigenvalue weighted by Gasteiger charge is -2.20. The van der Waals surface area contributed by atoms with E-state index in [4.69, 9.17) is 0 Å². The Morgan fingerprint density at radius 3 is 2.50 bits per heavy atom. The van der Waals surface area contributed by atoms with Crippen molar-refractivity contribution < 1.29 is 14.3 Å². The topological polar surface area (TPSA) is 65.1 Å². The molecule has 0 aliphatic carbocycles. The smallest absolute Gasteiger partial charge is 0.253 e. The first kappa shape index (κ1) is 14.3. The molecule has 0 saturated carbocycles. The summed E-state index contributed by atoms with van der Waals surface area (Å²) >= 11 is 0. The number of benzene rings is 1. The maximum atomic E-state index is 12.8. The molecular formula is C15H17FN2O2. The van der Waals surface area contributed by atoms with Gasteiger partial charge >= 0.3 is 0 Å². The number of aryl methyl sites for hydroxylation is 1. The molecule has 0 saturated heterocycles. The summed E-state index contributed by atoms with van der Waals surface area (Å²) in [7, 11) is 0. The van der Waals surface area contributed by atoms with Gasteiger partial charge in [0.25, 0.3) is 5.91 Å². The van der Waals surface area contributed by atoms with Gasteiger partial charge in [-0.3, -0.25) is 4.79 Å². The number of hydrogen-bond acceptors (Lipinski definition) is 2. The van der Waals surface area contributed by atoms with Crippen molar-refractivity contribution in [1.29, 1.82) is 0 Å². The van der Waals surface area contributed by atoms with Crippen LogP contribution >= 0.6 is 0 Å². The van der Waals surface area contributed by atoms with Gasteiger partial charge in [-0.2, -0.15) is 0 Å². The summed E-state index contributed by atoms with van der Waals surface area (Å²) in [6.45, 7) is 3.50. The second-order valence-corrected chi connectivity index (χ2v) is 4.77. The van der Waals surface area contributed by atoms with E-state index in [2.05, 4.69) is 10.3 Å². The molecule has 20 heavy (non-hydrogen) atoms. The number of hydrogen-bond donors (Lipinski definition) is 3. The Morgan fingerprint density at radius 1 is 1.30 bits per heavy atom. The number of carbonyl (C=O) groups excluding carboxylic acids is 1. The lowest BCUT2D eigenvalue weighted by molar-refractivity contribution is 0.0851. The first-order valence-corrected chi connectivity index (χ1v) is 6.37. The average Bonchev–Trinajstić information content (AvgIpc) is 2.85. The van der Waals surface area contributed by atoms with Crippen molar-refractivity contribution >= 4 is 5.91 Å². The minimum atomic E-state index is -0.890. The highest BCUT2D eigenvalue weighted by Gasteiger charge is 2.20. The van der Waals surface area contributed by atoms with Crippen molar-refractivity contribution in [3.8, 4) is 0 Å². The van der Waals surface area contributed by atoms with E-state index >= 15 is 0 Å². The highest BCUT2D eigenvalue weighted by atomic mass is 19.1. The molecule has 3 N–H and O–H groups in total. The molecule has 0 fully saturated rings. The fourth-order valence-electron chi connectivity index (χ4n) is 2.01. The van der Waals surface area contributed by atoms with Crippen molar-refractivity contribution in [2.45, 2.75) is 26.0 Å². The minimum Gasteiger partial charge on any atom is -0.386 e. The Bertz CT molecular complexity index is 592. The molecule has 2 unspecified atom stereocenters. The van der Waals surface area contributed by atoms with Crippen LogP contribution in [0.2, 0.25) is 0 Å². The van der Waals surface area contributed by atoms with Crippen LogP contribution in [-0.2, 0) is 0 Å². The zero-order valence-electron chi connectivity index (χ0n) is 11.4. The molecule has 5 heteroatoms. The standard InChI is InChI=1S/C15H17FN2O2/c1-9-13(7-8-17-9)15(20)18-10(2)14(19)11-3-5-12(16)6-4-11/h3-8,10,14,17,19H,1-2H3,(H,18,20). The fraction of sp³-hybridized carbons (Fsp3) is 0.267. The first-order valence-electron chi connectivity index (χ1n) is 6.37. The Balaban J connectivity index is 2.04. The summed E-state index contributed by atoms with van der Waals surface area (Å²) in [5.74, 6) is -0.613. The molecule has 0 aliphatic heterocycles. The van der Waals surface area contributed by atoms with Crippen LogP contribution in [0.15, 0.2) is 36.5 Å². The third kappa shape index (κ3) is 3.05. The van der Waals surface area contributed by atoms with E-state index in [0.29, 0.717) is 11.1 Å². The zero-order chi connectivity index (χ0) is 14.7. The van der Waals surface area contributed by atoms with Crippen LogP contribution in [0.4, 0.5) is 4.39 Å². The maximum absolute atomic E-state index is 12.8. The van der Waals surface area contributed by atoms with Crippen molar-refractivity contribution in [3.63, 3.8) is 0 Å². The van der Waals surface area contributed by atoms with Gasteiger partial charge in [0.1, 0.15) is 5.82 Å². The summed E-state index contributed by atoms with van der Waals surface area (Å²) in [6.07, 6.45) is 0.796. The Hall–Kier alpha value is -2.14. The zero-order valence-corrected chi connectivity index (χ0v) is 11.4. The number of aromatic nitrogens is 1. The van der Waals surface area contributed by atoms with E-state index in [0.717, 1.165) is 5.69 Å². The van der Waals surface area contributed by atoms with Crippen molar-refractivity contribution in [3.05, 3.63) is 59.2 Å². The molecule has 0 aliphatic rings. The molecule has 0 spiro atoms. The third-order valence-corrected chi connectivity index (χ3v) is 3.24. The van der Waals surface area contributed by atoms with Gasteiger partial charge in [0.15, 0.2) is 0 Å². The largest absolute Gasteiger partial charge is 0.386 e. The van der Waals surface area contributed by atoms with Crippen LogP contribution in [0.25, 0.3) is 0 Å². The summed E-state index contributed by atoms with van der Waals surface area (Å²) in [6, 6.07) is 6.77. The van der Waals surface area contributed by atoms with Crippen LogP contribution in [0, 0.1) is 12.7 Å². The molecule has 2 aromatic rings. The highest BCUT2D eigenvalue weighted by Crippen LogP contribution is 2.17. The van der Waals surface area contributed by atoms with Gasteiger partial charge in [0.2, 0.25) is 0 Å². The molecule has 0 bridgehead atoms. The second-order valence-electron chi connectivity index (χ2n) is 4.77. The molecule has 2 rings (SSSR count). The van der Waals surface area contributed by atoms with Gasteiger partial charge in [0.05, 0.1) is 17.7 Å². The Labute approximate surface area is 116 Å². The van der Waals surface area contributed by atoms with Crippen molar-refractivity contribution in [2.75, 3.05) is 0 Å². The normalized spacial score (nSPS) is 13.8. The highest BCUT2D eigenvalue weighted by molar-refractivity contribution is 5.95. The van der Waals surface area contributed by atoms with Crippen LogP contribution in [0.3, 0.4) is 0 Å². The van der Waals surface area contributed by atoms with Gasteiger partial charge in [-0.25, -0.2) is 4.39 Å². The van der Waals surface area contributed by atoms with Gasteiger partial charge in [0, 0.05) is 11.9 Å². The van der Waals surface area contributed by atoms with Crippen LogP contribution < -0.4 is 5.32 Å². The summed E-state index contributed by atoms with van der Waals surface area (Å²) in [4.78, 5) is 14.9. The third-order valence-electron chi connectivity index (χ3n) is 3.24. The molecule has 1 aromatic carbocycles. The van der Waals surface area contributed by atoms with E-state index in [1.165, 1.54) is 24.3 Å². The number of carbonyl (C=O) groups is 1. The average molecular weight is 276 g/mol. The minimum absolute atomic E-state index is 0.252. The van der Waals surface area contributed by atoms with E-state index in [1.54, 1.807) is 26.1 Å². The van der Waals surface area contributed by atoms with E-state index in [-0.39, 0.29) is 11.7 Å². The Morgan fingerprint density at radius 2 is 1.95 bits per heavy atom. The van der Waals surface area contributed by atoms with E-state index in [9.17, 15) is 14.3 Å². The molecular weight excluding hydrogens is 259 g/mol. The van der Waals surface area contributed by atoms with E-state index < -0.39 is 12.1 Å². The maximum Gasteiger partial charge on any atom is 0.253 e. The van der Waals surface area contributed by atoms with Crippen LogP contribution in [0.5, 0.6) is 0 Å². The SMILES string of the molecule is Cc1[nH]ccc1C(=O)NC(C)C(O)c1ccc(F)cc1. The Kier molecular flexibility index (Phi) is 4.20. The second kappa shape index (κ2) is 5.88. The number of aliphatic hydroxyl groups excluding tert-OH is 1.